The van der Waals surface area contributed by atoms with Gasteiger partial charge in [-0.2, -0.15) is 0 Å². The van der Waals surface area contributed by atoms with Crippen LogP contribution in [0, 0.1) is 0 Å². The molecule has 0 aromatic carbocycles. The standard InChI is InChI=1S/C7H12.C2H6/c1-2-4-6-7-5-3-1;1-2/h1-2H,3-7H2;1-2H3. The number of allylic oxidation sites excluding steroid dienone is 2. The van der Waals surface area contributed by atoms with E-state index in [1.807, 2.05) is 13.8 Å². The third-order valence-corrected chi connectivity index (χ3v) is 1.41. The highest BCUT2D eigenvalue weighted by atomic mass is 13.9. The molecule has 1 aliphatic carbocycles. The summed E-state index contributed by atoms with van der Waals surface area (Å²) in [5.41, 5.74) is 0. The van der Waals surface area contributed by atoms with Gasteiger partial charge in [0.2, 0.25) is 0 Å². The van der Waals surface area contributed by atoms with Crippen LogP contribution in [0.4, 0.5) is 0 Å². The molecule has 0 unspecified atom stereocenters. The Bertz CT molecular complexity index is 54.4. The van der Waals surface area contributed by atoms with Crippen molar-refractivity contribution in [1.29, 1.82) is 0 Å². The summed E-state index contributed by atoms with van der Waals surface area (Å²) in [4.78, 5) is 0. The van der Waals surface area contributed by atoms with Gasteiger partial charge in [-0.25, -0.2) is 0 Å². The summed E-state index contributed by atoms with van der Waals surface area (Å²) in [6, 6.07) is 0. The van der Waals surface area contributed by atoms with Crippen LogP contribution in [0.1, 0.15) is 46.0 Å². The molecule has 0 nitrogen and oxygen atoms in total. The minimum atomic E-state index is 1.32. The fraction of sp³-hybridized carbons (Fsp3) is 0.778. The molecule has 0 atom stereocenters. The monoisotopic (exact) mass is 126 g/mol. The molecule has 0 heterocycles. The van der Waals surface area contributed by atoms with Gasteiger partial charge in [0.15, 0.2) is 0 Å². The van der Waals surface area contributed by atoms with Crippen molar-refractivity contribution in [3.05, 3.63) is 12.2 Å². The van der Waals surface area contributed by atoms with E-state index in [9.17, 15) is 0 Å². The second-order valence-electron chi connectivity index (χ2n) is 2.11. The Morgan fingerprint density at radius 1 is 0.778 bits per heavy atom. The lowest BCUT2D eigenvalue weighted by Crippen LogP contribution is -1.67. The van der Waals surface area contributed by atoms with Crippen LogP contribution in [0.5, 0.6) is 0 Å². The van der Waals surface area contributed by atoms with Gasteiger partial charge in [0.1, 0.15) is 0 Å². The fourth-order valence-electron chi connectivity index (χ4n) is 0.937. The van der Waals surface area contributed by atoms with Crippen LogP contribution in [0.25, 0.3) is 0 Å². The highest BCUT2D eigenvalue weighted by Crippen LogP contribution is 2.08. The van der Waals surface area contributed by atoms with Gasteiger partial charge in [0, 0.05) is 0 Å². The predicted octanol–water partition coefficient (Wildman–Crippen LogP) is 3.53. The summed E-state index contributed by atoms with van der Waals surface area (Å²) in [6.45, 7) is 4.00. The van der Waals surface area contributed by atoms with Crippen molar-refractivity contribution in [2.45, 2.75) is 46.0 Å². The highest BCUT2D eigenvalue weighted by Gasteiger charge is 1.88. The Hall–Kier alpha value is -0.260. The van der Waals surface area contributed by atoms with E-state index in [1.165, 1.54) is 32.1 Å². The molecule has 0 fully saturated rings. The first-order chi connectivity index (χ1) is 4.50. The molecule has 0 N–H and O–H groups in total. The zero-order valence-electron chi connectivity index (χ0n) is 6.69. The molecular formula is C9H18. The number of rotatable bonds is 0. The summed E-state index contributed by atoms with van der Waals surface area (Å²) < 4.78 is 0. The van der Waals surface area contributed by atoms with Crippen molar-refractivity contribution >= 4 is 0 Å². The van der Waals surface area contributed by atoms with Gasteiger partial charge < -0.3 is 0 Å². The molecule has 0 radical (unpaired) electrons. The number of hydrogen-bond donors (Lipinski definition) is 0. The van der Waals surface area contributed by atoms with E-state index in [2.05, 4.69) is 12.2 Å². The van der Waals surface area contributed by atoms with Crippen LogP contribution >= 0.6 is 0 Å². The van der Waals surface area contributed by atoms with E-state index in [1.54, 1.807) is 0 Å². The maximum Gasteiger partial charge on any atom is -0.0351 e. The van der Waals surface area contributed by atoms with Gasteiger partial charge in [0.05, 0.1) is 0 Å². The summed E-state index contributed by atoms with van der Waals surface area (Å²) in [5.74, 6) is 0. The van der Waals surface area contributed by atoms with Crippen LogP contribution < -0.4 is 0 Å². The van der Waals surface area contributed by atoms with Gasteiger partial charge in [-0.3, -0.25) is 0 Å². The van der Waals surface area contributed by atoms with E-state index in [4.69, 9.17) is 0 Å². The largest absolute Gasteiger partial charge is 0.0885 e. The van der Waals surface area contributed by atoms with E-state index >= 15 is 0 Å². The van der Waals surface area contributed by atoms with Crippen LogP contribution in [0.3, 0.4) is 0 Å². The summed E-state index contributed by atoms with van der Waals surface area (Å²) in [6.07, 6.45) is 11.5. The third-order valence-electron chi connectivity index (χ3n) is 1.41. The van der Waals surface area contributed by atoms with Crippen molar-refractivity contribution in [3.8, 4) is 0 Å². The second kappa shape index (κ2) is 7.74. The average molecular weight is 126 g/mol. The molecule has 0 aromatic rings. The smallest absolute Gasteiger partial charge is 0.0351 e. The molecule has 0 aliphatic heterocycles. The van der Waals surface area contributed by atoms with E-state index in [-0.39, 0.29) is 0 Å². The first-order valence-corrected chi connectivity index (χ1v) is 4.15. The third kappa shape index (κ3) is 5.61. The molecule has 0 saturated carbocycles. The molecular weight excluding hydrogens is 108 g/mol. The Morgan fingerprint density at radius 2 is 1.22 bits per heavy atom. The van der Waals surface area contributed by atoms with E-state index in [0.717, 1.165) is 0 Å². The lowest BCUT2D eigenvalue weighted by atomic mass is 10.2. The summed E-state index contributed by atoms with van der Waals surface area (Å²) >= 11 is 0. The second-order valence-corrected chi connectivity index (χ2v) is 2.11. The molecule has 54 valence electrons. The van der Waals surface area contributed by atoms with Gasteiger partial charge in [-0.05, 0) is 25.7 Å². The summed E-state index contributed by atoms with van der Waals surface area (Å²) in [5, 5.41) is 0. The molecule has 0 heteroatoms. The zero-order chi connectivity index (χ0) is 6.95. The number of hydrogen-bond acceptors (Lipinski definition) is 0. The molecule has 0 spiro atoms. The molecule has 0 bridgehead atoms. The van der Waals surface area contributed by atoms with Crippen molar-refractivity contribution in [2.75, 3.05) is 0 Å². The molecule has 9 heavy (non-hydrogen) atoms. The lowest BCUT2D eigenvalue weighted by Gasteiger charge is -1.86. The Morgan fingerprint density at radius 3 is 1.67 bits per heavy atom. The minimum absolute atomic E-state index is 1.32. The molecule has 1 aliphatic rings. The summed E-state index contributed by atoms with van der Waals surface area (Å²) in [7, 11) is 0. The Labute approximate surface area is 59.0 Å². The van der Waals surface area contributed by atoms with Gasteiger partial charge in [-0.1, -0.05) is 32.4 Å². The normalized spacial score (nSPS) is 17.6. The van der Waals surface area contributed by atoms with Crippen molar-refractivity contribution in [2.24, 2.45) is 0 Å². The van der Waals surface area contributed by atoms with Crippen LogP contribution in [-0.2, 0) is 0 Å². The Kier molecular flexibility index (Phi) is 7.52. The molecule has 0 aromatic heterocycles. The van der Waals surface area contributed by atoms with Crippen LogP contribution in [0.15, 0.2) is 12.2 Å². The predicted molar refractivity (Wildman–Crippen MR) is 43.6 cm³/mol. The van der Waals surface area contributed by atoms with Crippen molar-refractivity contribution in [1.82, 2.24) is 0 Å². The Balaban J connectivity index is 0.000000291. The first kappa shape index (κ1) is 8.74. The van der Waals surface area contributed by atoms with Crippen molar-refractivity contribution < 1.29 is 0 Å². The highest BCUT2D eigenvalue weighted by molar-refractivity contribution is 4.83. The maximum absolute atomic E-state index is 2.30. The molecule has 0 saturated heterocycles. The van der Waals surface area contributed by atoms with Crippen LogP contribution in [-0.4, -0.2) is 0 Å². The maximum atomic E-state index is 2.30. The topological polar surface area (TPSA) is 0 Å². The lowest BCUT2D eigenvalue weighted by molar-refractivity contribution is 0.718. The van der Waals surface area contributed by atoms with Gasteiger partial charge >= 0.3 is 0 Å². The average Bonchev–Trinajstić information content (AvgIpc) is 2.21. The molecule has 1 rings (SSSR count). The zero-order valence-corrected chi connectivity index (χ0v) is 6.69. The van der Waals surface area contributed by atoms with Crippen LogP contribution in [0.2, 0.25) is 0 Å². The fourth-order valence-corrected chi connectivity index (χ4v) is 0.937. The van der Waals surface area contributed by atoms with E-state index < -0.39 is 0 Å². The SMILES string of the molecule is C1=CCCCCC1.CC. The first-order valence-electron chi connectivity index (χ1n) is 4.15. The van der Waals surface area contributed by atoms with Gasteiger partial charge in [-0.15, -0.1) is 0 Å². The minimum Gasteiger partial charge on any atom is -0.0885 e. The van der Waals surface area contributed by atoms with E-state index in [0.29, 0.717) is 0 Å². The quantitative estimate of drug-likeness (QED) is 0.435. The van der Waals surface area contributed by atoms with Crippen molar-refractivity contribution in [3.63, 3.8) is 0 Å². The van der Waals surface area contributed by atoms with Gasteiger partial charge in [0.25, 0.3) is 0 Å². The molecule has 0 amide bonds.